The van der Waals surface area contributed by atoms with Gasteiger partial charge >= 0.3 is 6.03 Å². The number of nitrogens with one attached hydrogen (secondary N) is 1. The number of carbonyl (C=O) groups excluding carboxylic acids is 2. The number of amides is 3. The maximum Gasteiger partial charge on any atom is 0.325 e. The predicted octanol–water partition coefficient (Wildman–Crippen LogP) is 1.40. The number of ether oxygens (including phenoxy) is 2. The topological polar surface area (TPSA) is 67.9 Å². The first kappa shape index (κ1) is 13.6. The zero-order valence-corrected chi connectivity index (χ0v) is 12.2. The van der Waals surface area contributed by atoms with Gasteiger partial charge in [0, 0.05) is 18.6 Å². The highest BCUT2D eigenvalue weighted by atomic mass is 16.5. The van der Waals surface area contributed by atoms with Crippen LogP contribution in [0.5, 0.6) is 5.75 Å². The summed E-state index contributed by atoms with van der Waals surface area (Å²) in [4.78, 5) is 26.6. The van der Waals surface area contributed by atoms with Crippen LogP contribution in [0.25, 0.3) is 0 Å². The molecule has 2 fully saturated rings. The minimum atomic E-state index is -0.982. The molecule has 1 N–H and O–H groups in total. The molecule has 2 unspecified atom stereocenters. The van der Waals surface area contributed by atoms with E-state index in [9.17, 15) is 9.59 Å². The molecule has 22 heavy (non-hydrogen) atoms. The maximum atomic E-state index is 13.0. The summed E-state index contributed by atoms with van der Waals surface area (Å²) in [6, 6.07) is 7.07. The Morgan fingerprint density at radius 3 is 2.95 bits per heavy atom. The fourth-order valence-corrected chi connectivity index (χ4v) is 3.53. The predicted molar refractivity (Wildman–Crippen MR) is 77.5 cm³/mol. The number of hydrogen-bond donors (Lipinski definition) is 1. The molecule has 0 saturated carbocycles. The molecule has 1 aromatic rings. The van der Waals surface area contributed by atoms with Gasteiger partial charge in [0.25, 0.3) is 5.91 Å². The highest BCUT2D eigenvalue weighted by molar-refractivity contribution is 6.08. The van der Waals surface area contributed by atoms with Gasteiger partial charge in [-0.3, -0.25) is 9.69 Å². The number of para-hydroxylation sites is 1. The SMILES string of the molecule is O=C1NC2(CCOc3ccccc32)C(=O)N1CC1CCCO1. The molecular weight excluding hydrogens is 284 g/mol. The third kappa shape index (κ3) is 1.90. The van der Waals surface area contributed by atoms with Gasteiger partial charge in [-0.2, -0.15) is 0 Å². The number of rotatable bonds is 2. The van der Waals surface area contributed by atoms with Crippen molar-refractivity contribution >= 4 is 11.9 Å². The number of benzene rings is 1. The smallest absolute Gasteiger partial charge is 0.325 e. The third-order valence-electron chi connectivity index (χ3n) is 4.67. The van der Waals surface area contributed by atoms with E-state index in [0.717, 1.165) is 18.4 Å². The third-order valence-corrected chi connectivity index (χ3v) is 4.67. The van der Waals surface area contributed by atoms with Crippen molar-refractivity contribution in [3.05, 3.63) is 29.8 Å². The fourth-order valence-electron chi connectivity index (χ4n) is 3.53. The zero-order valence-electron chi connectivity index (χ0n) is 12.2. The van der Waals surface area contributed by atoms with E-state index >= 15 is 0 Å². The van der Waals surface area contributed by atoms with Crippen LogP contribution in [0.2, 0.25) is 0 Å². The first-order chi connectivity index (χ1) is 10.7. The maximum absolute atomic E-state index is 13.0. The van der Waals surface area contributed by atoms with Crippen LogP contribution < -0.4 is 10.1 Å². The van der Waals surface area contributed by atoms with Crippen LogP contribution >= 0.6 is 0 Å². The Morgan fingerprint density at radius 2 is 2.14 bits per heavy atom. The van der Waals surface area contributed by atoms with E-state index in [1.54, 1.807) is 0 Å². The second-order valence-electron chi connectivity index (χ2n) is 5.98. The van der Waals surface area contributed by atoms with Gasteiger partial charge in [-0.25, -0.2) is 4.79 Å². The summed E-state index contributed by atoms with van der Waals surface area (Å²) in [5.74, 6) is 0.477. The summed E-state index contributed by atoms with van der Waals surface area (Å²) in [6.07, 6.45) is 2.29. The van der Waals surface area contributed by atoms with Crippen LogP contribution in [0.15, 0.2) is 24.3 Å². The average Bonchev–Trinajstić information content (AvgIpc) is 3.12. The molecule has 116 valence electrons. The Kier molecular flexibility index (Phi) is 3.07. The van der Waals surface area contributed by atoms with Gasteiger partial charge in [-0.05, 0) is 18.9 Å². The molecule has 3 aliphatic rings. The van der Waals surface area contributed by atoms with Gasteiger partial charge in [0.15, 0.2) is 5.54 Å². The first-order valence-electron chi connectivity index (χ1n) is 7.69. The summed E-state index contributed by atoms with van der Waals surface area (Å²) < 4.78 is 11.2. The standard InChI is InChI=1S/C16H18N2O4/c19-14-16(7-9-22-13-6-2-1-5-12(13)16)17-15(20)18(14)10-11-4-3-8-21-11/h1-2,5-6,11H,3-4,7-10H2,(H,17,20). The van der Waals surface area contributed by atoms with Crippen LogP contribution in [0, 0.1) is 0 Å². The number of hydrogen-bond acceptors (Lipinski definition) is 4. The molecule has 1 spiro atoms. The lowest BCUT2D eigenvalue weighted by Crippen LogP contribution is -2.47. The van der Waals surface area contributed by atoms with E-state index in [0.29, 0.717) is 31.9 Å². The summed E-state index contributed by atoms with van der Waals surface area (Å²) in [5, 5.41) is 2.90. The van der Waals surface area contributed by atoms with Gasteiger partial charge in [0.2, 0.25) is 0 Å². The van der Waals surface area contributed by atoms with Gasteiger partial charge < -0.3 is 14.8 Å². The summed E-state index contributed by atoms with van der Waals surface area (Å²) in [7, 11) is 0. The molecule has 6 nitrogen and oxygen atoms in total. The van der Waals surface area contributed by atoms with Crippen LogP contribution in [0.4, 0.5) is 4.79 Å². The van der Waals surface area contributed by atoms with Crippen molar-refractivity contribution in [2.24, 2.45) is 0 Å². The van der Waals surface area contributed by atoms with E-state index in [2.05, 4.69) is 5.32 Å². The van der Waals surface area contributed by atoms with Crippen molar-refractivity contribution in [2.75, 3.05) is 19.8 Å². The second-order valence-corrected chi connectivity index (χ2v) is 5.98. The Labute approximate surface area is 128 Å². The number of nitrogens with zero attached hydrogens (tertiary/aromatic N) is 1. The summed E-state index contributed by atoms with van der Waals surface area (Å²) in [6.45, 7) is 1.45. The van der Waals surface area contributed by atoms with Crippen molar-refractivity contribution in [3.63, 3.8) is 0 Å². The molecule has 3 amide bonds. The highest BCUT2D eigenvalue weighted by Gasteiger charge is 2.55. The average molecular weight is 302 g/mol. The number of imide groups is 1. The van der Waals surface area contributed by atoms with Crippen LogP contribution in [0.3, 0.4) is 0 Å². The molecule has 3 heterocycles. The van der Waals surface area contributed by atoms with Crippen molar-refractivity contribution < 1.29 is 19.1 Å². The van der Waals surface area contributed by atoms with Gasteiger partial charge in [0.05, 0.1) is 19.3 Å². The number of urea groups is 1. The first-order valence-corrected chi connectivity index (χ1v) is 7.69. The zero-order chi connectivity index (χ0) is 15.2. The minimum Gasteiger partial charge on any atom is -0.493 e. The monoisotopic (exact) mass is 302 g/mol. The second kappa shape index (κ2) is 4.98. The van der Waals surface area contributed by atoms with E-state index < -0.39 is 5.54 Å². The molecule has 0 aromatic heterocycles. The van der Waals surface area contributed by atoms with Crippen molar-refractivity contribution in [2.45, 2.75) is 30.9 Å². The van der Waals surface area contributed by atoms with Crippen molar-refractivity contribution in [3.8, 4) is 5.75 Å². The molecule has 4 rings (SSSR count). The Balaban J connectivity index is 1.66. The van der Waals surface area contributed by atoms with Crippen molar-refractivity contribution in [1.29, 1.82) is 0 Å². The largest absolute Gasteiger partial charge is 0.493 e. The van der Waals surface area contributed by atoms with Crippen LogP contribution in [-0.4, -0.2) is 42.7 Å². The number of fused-ring (bicyclic) bond motifs is 2. The Bertz CT molecular complexity index is 626. The molecule has 0 aliphatic carbocycles. The lowest BCUT2D eigenvalue weighted by Gasteiger charge is -2.33. The van der Waals surface area contributed by atoms with E-state index in [1.165, 1.54) is 4.90 Å². The van der Waals surface area contributed by atoms with E-state index in [-0.39, 0.29) is 18.0 Å². The highest BCUT2D eigenvalue weighted by Crippen LogP contribution is 2.41. The fraction of sp³-hybridized carbons (Fsp3) is 0.500. The van der Waals surface area contributed by atoms with Gasteiger partial charge in [-0.1, -0.05) is 18.2 Å². The molecular formula is C16H18N2O4. The summed E-state index contributed by atoms with van der Waals surface area (Å²) >= 11 is 0. The van der Waals surface area contributed by atoms with Crippen LogP contribution in [0.1, 0.15) is 24.8 Å². The minimum absolute atomic E-state index is 0.0417. The van der Waals surface area contributed by atoms with E-state index in [4.69, 9.17) is 9.47 Å². The Morgan fingerprint density at radius 1 is 1.27 bits per heavy atom. The van der Waals surface area contributed by atoms with Crippen molar-refractivity contribution in [1.82, 2.24) is 10.2 Å². The molecule has 6 heteroatoms. The van der Waals surface area contributed by atoms with Gasteiger partial charge in [-0.15, -0.1) is 0 Å². The molecule has 1 aromatic carbocycles. The summed E-state index contributed by atoms with van der Waals surface area (Å²) in [5.41, 5.74) is -0.237. The molecule has 0 radical (unpaired) electrons. The molecule has 2 saturated heterocycles. The van der Waals surface area contributed by atoms with Crippen LogP contribution in [-0.2, 0) is 15.1 Å². The normalized spacial score (nSPS) is 30.4. The molecule has 2 atom stereocenters. The number of carbonyl (C=O) groups is 2. The van der Waals surface area contributed by atoms with E-state index in [1.807, 2.05) is 24.3 Å². The Hall–Kier alpha value is -2.08. The lowest BCUT2D eigenvalue weighted by molar-refractivity contribution is -0.133. The molecule has 0 bridgehead atoms. The lowest BCUT2D eigenvalue weighted by atomic mass is 9.84. The van der Waals surface area contributed by atoms with Gasteiger partial charge in [0.1, 0.15) is 5.75 Å². The molecule has 3 aliphatic heterocycles. The quantitative estimate of drug-likeness (QED) is 0.838.